The van der Waals surface area contributed by atoms with Gasteiger partial charge in [-0.05, 0) is 23.8 Å². The number of rotatable bonds is 5. The van der Waals surface area contributed by atoms with Gasteiger partial charge in [0.2, 0.25) is 0 Å². The number of benzene rings is 2. The Morgan fingerprint density at radius 1 is 1.29 bits per heavy atom. The van der Waals surface area contributed by atoms with E-state index >= 15 is 0 Å². The fraction of sp³-hybridized carbons (Fsp3) is 0.188. The minimum atomic E-state index is -0.954. The first-order valence-corrected chi connectivity index (χ1v) is 6.44. The van der Waals surface area contributed by atoms with Crippen LogP contribution in [0, 0.1) is 5.82 Å². The van der Waals surface area contributed by atoms with Crippen molar-refractivity contribution in [3.8, 4) is 0 Å². The van der Waals surface area contributed by atoms with Crippen LogP contribution in [0.3, 0.4) is 0 Å². The standard InChI is InChI=1S/C16H16FNO3/c1-21-16(20)15(13-7-2-3-8-14(13)17)18-12-6-4-5-11(9-12)10-19/h2-9,15,18-19H,10H2,1H3. The van der Waals surface area contributed by atoms with Crippen LogP contribution >= 0.6 is 0 Å². The number of halogens is 1. The highest BCUT2D eigenvalue weighted by Crippen LogP contribution is 2.24. The molecule has 0 aliphatic carbocycles. The minimum absolute atomic E-state index is 0.113. The molecule has 1 unspecified atom stereocenters. The van der Waals surface area contributed by atoms with Crippen molar-refractivity contribution < 1.29 is 19.0 Å². The van der Waals surface area contributed by atoms with Gasteiger partial charge in [0, 0.05) is 11.3 Å². The number of hydrogen-bond acceptors (Lipinski definition) is 4. The van der Waals surface area contributed by atoms with Crippen LogP contribution < -0.4 is 5.32 Å². The summed E-state index contributed by atoms with van der Waals surface area (Å²) in [6.45, 7) is -0.113. The summed E-state index contributed by atoms with van der Waals surface area (Å²) >= 11 is 0. The van der Waals surface area contributed by atoms with Crippen LogP contribution in [0.15, 0.2) is 48.5 Å². The highest BCUT2D eigenvalue weighted by atomic mass is 19.1. The highest BCUT2D eigenvalue weighted by molar-refractivity contribution is 5.81. The second kappa shape index (κ2) is 6.85. The molecule has 0 aliphatic heterocycles. The van der Waals surface area contributed by atoms with E-state index in [-0.39, 0.29) is 12.2 Å². The lowest BCUT2D eigenvalue weighted by atomic mass is 10.1. The van der Waals surface area contributed by atoms with Gasteiger partial charge in [-0.15, -0.1) is 0 Å². The Bertz CT molecular complexity index is 630. The molecule has 5 heteroatoms. The van der Waals surface area contributed by atoms with Crippen molar-refractivity contribution in [1.82, 2.24) is 0 Å². The fourth-order valence-electron chi connectivity index (χ4n) is 2.02. The van der Waals surface area contributed by atoms with E-state index < -0.39 is 17.8 Å². The van der Waals surface area contributed by atoms with Gasteiger partial charge in [-0.1, -0.05) is 30.3 Å². The van der Waals surface area contributed by atoms with Gasteiger partial charge >= 0.3 is 5.97 Å². The molecule has 21 heavy (non-hydrogen) atoms. The van der Waals surface area contributed by atoms with Crippen molar-refractivity contribution in [3.63, 3.8) is 0 Å². The topological polar surface area (TPSA) is 58.6 Å². The van der Waals surface area contributed by atoms with Gasteiger partial charge in [0.1, 0.15) is 5.82 Å². The normalized spacial score (nSPS) is 11.8. The molecule has 0 saturated carbocycles. The summed E-state index contributed by atoms with van der Waals surface area (Å²) in [5.41, 5.74) is 1.50. The Morgan fingerprint density at radius 2 is 2.05 bits per heavy atom. The number of carbonyl (C=O) groups is 1. The van der Waals surface area contributed by atoms with E-state index in [9.17, 15) is 9.18 Å². The second-order valence-corrected chi connectivity index (χ2v) is 4.48. The monoisotopic (exact) mass is 289 g/mol. The molecule has 0 saturated heterocycles. The summed E-state index contributed by atoms with van der Waals surface area (Å²) < 4.78 is 18.6. The molecule has 2 rings (SSSR count). The second-order valence-electron chi connectivity index (χ2n) is 4.48. The van der Waals surface area contributed by atoms with Crippen LogP contribution in [-0.2, 0) is 16.1 Å². The lowest BCUT2D eigenvalue weighted by Gasteiger charge is -2.19. The number of methoxy groups -OCH3 is 1. The van der Waals surface area contributed by atoms with Crippen molar-refractivity contribution in [2.24, 2.45) is 0 Å². The maximum atomic E-state index is 13.9. The predicted octanol–water partition coefficient (Wildman–Crippen LogP) is 2.64. The van der Waals surface area contributed by atoms with Crippen LogP contribution in [0.25, 0.3) is 0 Å². The Morgan fingerprint density at radius 3 is 2.71 bits per heavy atom. The number of ether oxygens (including phenoxy) is 1. The van der Waals surface area contributed by atoms with Gasteiger partial charge in [-0.25, -0.2) is 9.18 Å². The molecule has 0 aliphatic rings. The van der Waals surface area contributed by atoms with Gasteiger partial charge in [0.25, 0.3) is 0 Å². The third kappa shape index (κ3) is 3.58. The molecule has 0 spiro atoms. The molecular weight excluding hydrogens is 273 g/mol. The lowest BCUT2D eigenvalue weighted by Crippen LogP contribution is -2.23. The molecule has 1 atom stereocenters. The Balaban J connectivity index is 2.33. The quantitative estimate of drug-likeness (QED) is 0.831. The molecule has 2 aromatic rings. The van der Waals surface area contributed by atoms with Crippen molar-refractivity contribution in [2.45, 2.75) is 12.6 Å². The molecule has 0 fully saturated rings. The van der Waals surface area contributed by atoms with Crippen LogP contribution in [0.2, 0.25) is 0 Å². The highest BCUT2D eigenvalue weighted by Gasteiger charge is 2.24. The molecule has 0 amide bonds. The SMILES string of the molecule is COC(=O)C(Nc1cccc(CO)c1)c1ccccc1F. The van der Waals surface area contributed by atoms with Crippen molar-refractivity contribution in [3.05, 3.63) is 65.5 Å². The third-order valence-corrected chi connectivity index (χ3v) is 3.07. The number of hydrogen-bond donors (Lipinski definition) is 2. The molecule has 110 valence electrons. The molecule has 2 aromatic carbocycles. The van der Waals surface area contributed by atoms with Crippen molar-refractivity contribution in [1.29, 1.82) is 0 Å². The number of carbonyl (C=O) groups excluding carboxylic acids is 1. The minimum Gasteiger partial charge on any atom is -0.467 e. The van der Waals surface area contributed by atoms with Crippen molar-refractivity contribution in [2.75, 3.05) is 12.4 Å². The van der Waals surface area contributed by atoms with Crippen LogP contribution in [0.1, 0.15) is 17.2 Å². The Kier molecular flexibility index (Phi) is 4.90. The maximum absolute atomic E-state index is 13.9. The smallest absolute Gasteiger partial charge is 0.333 e. The number of anilines is 1. The van der Waals surface area contributed by atoms with Gasteiger partial charge in [0.05, 0.1) is 13.7 Å². The first-order chi connectivity index (χ1) is 10.2. The summed E-state index contributed by atoms with van der Waals surface area (Å²) in [5.74, 6) is -1.08. The van der Waals surface area contributed by atoms with Gasteiger partial charge < -0.3 is 15.2 Å². The Labute approximate surface area is 122 Å². The van der Waals surface area contributed by atoms with Gasteiger partial charge in [-0.2, -0.15) is 0 Å². The summed E-state index contributed by atoms with van der Waals surface area (Å²) in [7, 11) is 1.25. The van der Waals surface area contributed by atoms with Gasteiger partial charge in [-0.3, -0.25) is 0 Å². The number of aliphatic hydroxyl groups is 1. The van der Waals surface area contributed by atoms with E-state index in [4.69, 9.17) is 9.84 Å². The summed E-state index contributed by atoms with van der Waals surface area (Å²) in [6.07, 6.45) is 0. The summed E-state index contributed by atoms with van der Waals surface area (Å²) in [6, 6.07) is 12.0. The fourth-order valence-corrected chi connectivity index (χ4v) is 2.02. The largest absolute Gasteiger partial charge is 0.467 e. The molecule has 4 nitrogen and oxygen atoms in total. The van der Waals surface area contributed by atoms with Crippen LogP contribution in [-0.4, -0.2) is 18.2 Å². The van der Waals surface area contributed by atoms with E-state index in [1.54, 1.807) is 36.4 Å². The van der Waals surface area contributed by atoms with Crippen molar-refractivity contribution >= 4 is 11.7 Å². The average molecular weight is 289 g/mol. The van der Waals surface area contributed by atoms with E-state index in [1.807, 2.05) is 0 Å². The summed E-state index contributed by atoms with van der Waals surface area (Å²) in [5, 5.41) is 12.1. The molecule has 0 heterocycles. The lowest BCUT2D eigenvalue weighted by molar-refractivity contribution is -0.141. The van der Waals surface area contributed by atoms with Crippen LogP contribution in [0.4, 0.5) is 10.1 Å². The predicted molar refractivity (Wildman–Crippen MR) is 77.1 cm³/mol. The average Bonchev–Trinajstić information content (AvgIpc) is 2.53. The zero-order valence-corrected chi connectivity index (χ0v) is 11.5. The first kappa shape index (κ1) is 15.0. The van der Waals surface area contributed by atoms with Crippen LogP contribution in [0.5, 0.6) is 0 Å². The molecule has 0 bridgehead atoms. The molecule has 0 radical (unpaired) electrons. The van der Waals surface area contributed by atoms with Gasteiger partial charge in [0.15, 0.2) is 6.04 Å². The molecule has 2 N–H and O–H groups in total. The number of esters is 1. The zero-order valence-electron chi connectivity index (χ0n) is 11.5. The number of aliphatic hydroxyl groups excluding tert-OH is 1. The van der Waals surface area contributed by atoms with E-state index in [2.05, 4.69) is 5.32 Å². The number of nitrogens with one attached hydrogen (secondary N) is 1. The van der Waals surface area contributed by atoms with E-state index in [0.717, 1.165) is 0 Å². The molecule has 0 aromatic heterocycles. The third-order valence-electron chi connectivity index (χ3n) is 3.07. The summed E-state index contributed by atoms with van der Waals surface area (Å²) in [4.78, 5) is 11.9. The molecular formula is C16H16FNO3. The maximum Gasteiger partial charge on any atom is 0.333 e. The van der Waals surface area contributed by atoms with E-state index in [0.29, 0.717) is 11.3 Å². The van der Waals surface area contributed by atoms with E-state index in [1.165, 1.54) is 19.2 Å². The first-order valence-electron chi connectivity index (χ1n) is 6.44. The Hall–Kier alpha value is -2.40. The zero-order chi connectivity index (χ0) is 15.2.